The fourth-order valence-electron chi connectivity index (χ4n) is 3.25. The average Bonchev–Trinajstić information content (AvgIpc) is 3.24. The Morgan fingerprint density at radius 1 is 1.12 bits per heavy atom. The van der Waals surface area contributed by atoms with Crippen molar-refractivity contribution in [1.29, 1.82) is 0 Å². The number of furan rings is 1. The maximum Gasteiger partial charge on any atom is 0.137 e. The topological polar surface area (TPSA) is 55.9 Å². The van der Waals surface area contributed by atoms with E-state index in [0.717, 1.165) is 35.1 Å². The number of nitrogens with zero attached hydrogens (tertiary/aromatic N) is 3. The lowest BCUT2D eigenvalue weighted by Gasteiger charge is -2.13. The number of benzene rings is 1. The predicted octanol–water partition coefficient (Wildman–Crippen LogP) is 4.48. The van der Waals surface area contributed by atoms with Gasteiger partial charge in [-0.3, -0.25) is 4.57 Å². The van der Waals surface area contributed by atoms with Crippen LogP contribution in [0.4, 0.5) is 0 Å². The fraction of sp³-hybridized carbons (Fsp3) is 0.238. The second kappa shape index (κ2) is 6.77. The monoisotopic (exact) mass is 346 g/mol. The number of hydrogen-bond donors (Lipinski definition) is 1. The van der Waals surface area contributed by atoms with E-state index in [4.69, 9.17) is 4.42 Å². The van der Waals surface area contributed by atoms with Gasteiger partial charge in [-0.05, 0) is 44.0 Å². The molecule has 0 aliphatic heterocycles. The maximum atomic E-state index is 6.04. The smallest absolute Gasteiger partial charge is 0.137 e. The molecular formula is C21H22N4O. The van der Waals surface area contributed by atoms with Gasteiger partial charge in [0.25, 0.3) is 0 Å². The molecule has 0 spiro atoms. The van der Waals surface area contributed by atoms with Gasteiger partial charge in [-0.15, -0.1) is 0 Å². The largest absolute Gasteiger partial charge is 0.459 e. The molecule has 0 fully saturated rings. The van der Waals surface area contributed by atoms with Gasteiger partial charge in [0.15, 0.2) is 0 Å². The molecule has 3 heterocycles. The Balaban J connectivity index is 1.46. The highest BCUT2D eigenvalue weighted by molar-refractivity contribution is 5.82. The highest BCUT2D eigenvalue weighted by Gasteiger charge is 2.16. The molecule has 5 heteroatoms. The summed E-state index contributed by atoms with van der Waals surface area (Å²) in [6.45, 7) is 6.94. The number of aromatic nitrogens is 3. The number of pyridine rings is 1. The highest BCUT2D eigenvalue weighted by atomic mass is 16.3. The van der Waals surface area contributed by atoms with Crippen molar-refractivity contribution in [2.75, 3.05) is 0 Å². The Kier molecular flexibility index (Phi) is 4.31. The molecule has 0 unspecified atom stereocenters. The van der Waals surface area contributed by atoms with Crippen LogP contribution in [0.5, 0.6) is 0 Å². The number of imidazole rings is 1. The van der Waals surface area contributed by atoms with Crippen LogP contribution in [0.3, 0.4) is 0 Å². The molecule has 0 saturated heterocycles. The van der Waals surface area contributed by atoms with E-state index in [2.05, 4.69) is 41.3 Å². The lowest BCUT2D eigenvalue weighted by molar-refractivity contribution is 0.447. The Hall–Kier alpha value is -2.92. The van der Waals surface area contributed by atoms with E-state index in [9.17, 15) is 0 Å². The molecule has 0 aliphatic carbocycles. The Morgan fingerprint density at radius 2 is 1.96 bits per heavy atom. The van der Waals surface area contributed by atoms with E-state index >= 15 is 0 Å². The lowest BCUT2D eigenvalue weighted by atomic mass is 10.1. The lowest BCUT2D eigenvalue weighted by Crippen LogP contribution is -2.18. The van der Waals surface area contributed by atoms with Crippen LogP contribution in [0.25, 0.3) is 16.8 Å². The summed E-state index contributed by atoms with van der Waals surface area (Å²) >= 11 is 0. The molecule has 0 saturated carbocycles. The van der Waals surface area contributed by atoms with E-state index in [0.29, 0.717) is 0 Å². The van der Waals surface area contributed by atoms with Crippen molar-refractivity contribution in [2.24, 2.45) is 0 Å². The summed E-state index contributed by atoms with van der Waals surface area (Å²) in [6, 6.07) is 12.4. The minimum Gasteiger partial charge on any atom is -0.459 e. The third kappa shape index (κ3) is 3.02. The van der Waals surface area contributed by atoms with Crippen molar-refractivity contribution < 1.29 is 4.42 Å². The van der Waals surface area contributed by atoms with Crippen LogP contribution in [-0.4, -0.2) is 14.5 Å². The van der Waals surface area contributed by atoms with Crippen LogP contribution >= 0.6 is 0 Å². The first-order valence-corrected chi connectivity index (χ1v) is 8.80. The molecule has 4 aromatic rings. The second-order valence-corrected chi connectivity index (χ2v) is 6.56. The van der Waals surface area contributed by atoms with Gasteiger partial charge in [0.2, 0.25) is 0 Å². The fourth-order valence-corrected chi connectivity index (χ4v) is 3.25. The molecule has 132 valence electrons. The van der Waals surface area contributed by atoms with Crippen molar-refractivity contribution in [3.63, 3.8) is 0 Å². The van der Waals surface area contributed by atoms with Gasteiger partial charge in [0.1, 0.15) is 23.0 Å². The van der Waals surface area contributed by atoms with Crippen molar-refractivity contribution in [2.45, 2.75) is 33.4 Å². The molecule has 0 aliphatic rings. The zero-order chi connectivity index (χ0) is 18.1. The zero-order valence-corrected chi connectivity index (χ0v) is 15.2. The number of hydrogen-bond acceptors (Lipinski definition) is 4. The summed E-state index contributed by atoms with van der Waals surface area (Å²) in [5, 5.41) is 4.71. The van der Waals surface area contributed by atoms with E-state index < -0.39 is 0 Å². The number of rotatable bonds is 5. The van der Waals surface area contributed by atoms with Crippen LogP contribution in [0.1, 0.15) is 35.7 Å². The summed E-state index contributed by atoms with van der Waals surface area (Å²) in [7, 11) is 0. The van der Waals surface area contributed by atoms with E-state index in [1.165, 1.54) is 10.9 Å². The second-order valence-electron chi connectivity index (χ2n) is 6.56. The Morgan fingerprint density at radius 3 is 2.65 bits per heavy atom. The molecule has 3 aromatic heterocycles. The van der Waals surface area contributed by atoms with E-state index in [1.807, 2.05) is 48.1 Å². The predicted molar refractivity (Wildman–Crippen MR) is 102 cm³/mol. The summed E-state index contributed by atoms with van der Waals surface area (Å²) in [4.78, 5) is 8.78. The Bertz CT molecular complexity index is 1030. The van der Waals surface area contributed by atoms with E-state index in [1.54, 1.807) is 6.20 Å². The molecule has 0 bridgehead atoms. The SMILES string of the molecule is Cc1c([C@H](C)NCc2ccc(-n3ccnc3C)nc2)oc2ccccc12. The minimum absolute atomic E-state index is 0.123. The van der Waals surface area contributed by atoms with Crippen LogP contribution in [0.15, 0.2) is 59.4 Å². The molecule has 26 heavy (non-hydrogen) atoms. The van der Waals surface area contributed by atoms with Crippen molar-refractivity contribution in [3.8, 4) is 5.82 Å². The first kappa shape index (κ1) is 16.5. The minimum atomic E-state index is 0.123. The summed E-state index contributed by atoms with van der Waals surface area (Å²) in [6.07, 6.45) is 5.60. The number of nitrogens with one attached hydrogen (secondary N) is 1. The first-order valence-electron chi connectivity index (χ1n) is 8.80. The van der Waals surface area contributed by atoms with Crippen molar-refractivity contribution >= 4 is 11.0 Å². The van der Waals surface area contributed by atoms with Crippen LogP contribution in [-0.2, 0) is 6.54 Å². The van der Waals surface area contributed by atoms with Crippen LogP contribution < -0.4 is 5.32 Å². The maximum absolute atomic E-state index is 6.04. The first-order chi connectivity index (χ1) is 12.6. The third-order valence-corrected chi connectivity index (χ3v) is 4.77. The van der Waals surface area contributed by atoms with Gasteiger partial charge in [0.05, 0.1) is 6.04 Å². The summed E-state index contributed by atoms with van der Waals surface area (Å²) < 4.78 is 8.01. The van der Waals surface area contributed by atoms with Crippen LogP contribution in [0.2, 0.25) is 0 Å². The highest BCUT2D eigenvalue weighted by Crippen LogP contribution is 2.29. The third-order valence-electron chi connectivity index (χ3n) is 4.77. The molecule has 1 atom stereocenters. The molecule has 0 amide bonds. The van der Waals surface area contributed by atoms with Gasteiger partial charge in [-0.2, -0.15) is 0 Å². The Labute approximate surface area is 152 Å². The number of fused-ring (bicyclic) bond motifs is 1. The molecule has 1 N–H and O–H groups in total. The van der Waals surface area contributed by atoms with Gasteiger partial charge in [-0.25, -0.2) is 9.97 Å². The molecular weight excluding hydrogens is 324 g/mol. The van der Waals surface area contributed by atoms with Gasteiger partial charge in [0, 0.05) is 30.5 Å². The van der Waals surface area contributed by atoms with Gasteiger partial charge < -0.3 is 9.73 Å². The summed E-state index contributed by atoms with van der Waals surface area (Å²) in [5.74, 6) is 2.80. The van der Waals surface area contributed by atoms with Gasteiger partial charge in [-0.1, -0.05) is 24.3 Å². The normalized spacial score (nSPS) is 12.6. The molecule has 5 nitrogen and oxygen atoms in total. The number of aryl methyl sites for hydroxylation is 2. The zero-order valence-electron chi connectivity index (χ0n) is 15.2. The van der Waals surface area contributed by atoms with E-state index in [-0.39, 0.29) is 6.04 Å². The molecule has 1 aromatic carbocycles. The molecule has 0 radical (unpaired) electrons. The molecule has 4 rings (SSSR count). The van der Waals surface area contributed by atoms with Crippen molar-refractivity contribution in [3.05, 3.63) is 77.7 Å². The quantitative estimate of drug-likeness (QED) is 0.579. The van der Waals surface area contributed by atoms with Crippen LogP contribution in [0, 0.1) is 13.8 Å². The number of para-hydroxylation sites is 1. The van der Waals surface area contributed by atoms with Crippen molar-refractivity contribution in [1.82, 2.24) is 19.9 Å². The standard InChI is InChI=1S/C21H22N4O/c1-14-18-6-4-5-7-19(18)26-21(14)15(2)23-12-17-8-9-20(24-13-17)25-11-10-22-16(25)3/h4-11,13,15,23H,12H2,1-3H3/t15-/m0/s1. The average molecular weight is 346 g/mol. The summed E-state index contributed by atoms with van der Waals surface area (Å²) in [5.41, 5.74) is 3.27. The van der Waals surface area contributed by atoms with Gasteiger partial charge >= 0.3 is 0 Å².